The van der Waals surface area contributed by atoms with Gasteiger partial charge in [0.1, 0.15) is 0 Å². The molecule has 0 bridgehead atoms. The molecule has 1 aliphatic heterocycles. The maximum atomic E-state index is 12.4. The molecule has 0 unspecified atom stereocenters. The Kier molecular flexibility index (Phi) is 8.42. The van der Waals surface area contributed by atoms with Gasteiger partial charge >= 0.3 is 0 Å². The number of hydrogen-bond donors (Lipinski definition) is 0. The zero-order valence-corrected chi connectivity index (χ0v) is 16.3. The zero-order valence-electron chi connectivity index (χ0n) is 16.3. The monoisotopic (exact) mass is 345 g/mol. The van der Waals surface area contributed by atoms with Crippen LogP contribution in [-0.2, 0) is 11.2 Å². The Balaban J connectivity index is 1.58. The number of benzene rings is 1. The van der Waals surface area contributed by atoms with Crippen LogP contribution in [-0.4, -0.2) is 73.0 Å². The van der Waals surface area contributed by atoms with Gasteiger partial charge in [-0.05, 0) is 58.8 Å². The summed E-state index contributed by atoms with van der Waals surface area (Å²) in [6.07, 6.45) is 3.83. The fraction of sp³-hybridized carbons (Fsp3) is 0.667. The van der Waals surface area contributed by atoms with E-state index in [1.54, 1.807) is 0 Å². The van der Waals surface area contributed by atoms with Crippen molar-refractivity contribution in [2.45, 2.75) is 45.6 Å². The predicted molar refractivity (Wildman–Crippen MR) is 105 cm³/mol. The molecule has 1 aliphatic rings. The molecular weight excluding hydrogens is 310 g/mol. The molecule has 4 nitrogen and oxygen atoms in total. The maximum absolute atomic E-state index is 12.4. The van der Waals surface area contributed by atoms with Crippen LogP contribution in [0.15, 0.2) is 30.3 Å². The average Bonchev–Trinajstić information content (AvgIpc) is 2.63. The smallest absolute Gasteiger partial charge is 0.222 e. The van der Waals surface area contributed by atoms with E-state index in [0.717, 1.165) is 52.1 Å². The molecule has 2 rings (SSSR count). The summed E-state index contributed by atoms with van der Waals surface area (Å²) in [5, 5.41) is 0. The Bertz CT molecular complexity index is 495. The van der Waals surface area contributed by atoms with Crippen LogP contribution in [0.5, 0.6) is 0 Å². The van der Waals surface area contributed by atoms with Gasteiger partial charge in [0.05, 0.1) is 0 Å². The van der Waals surface area contributed by atoms with Crippen molar-refractivity contribution in [1.29, 1.82) is 0 Å². The van der Waals surface area contributed by atoms with Gasteiger partial charge in [-0.2, -0.15) is 0 Å². The largest absolute Gasteiger partial charge is 0.340 e. The number of rotatable bonds is 9. The van der Waals surface area contributed by atoms with E-state index in [1.807, 2.05) is 6.07 Å². The first kappa shape index (κ1) is 19.9. The van der Waals surface area contributed by atoms with Gasteiger partial charge in [0.15, 0.2) is 0 Å². The highest BCUT2D eigenvalue weighted by atomic mass is 16.2. The fourth-order valence-electron chi connectivity index (χ4n) is 3.27. The first-order valence-corrected chi connectivity index (χ1v) is 9.80. The topological polar surface area (TPSA) is 26.8 Å². The lowest BCUT2D eigenvalue weighted by molar-refractivity contribution is -0.133. The second-order valence-corrected chi connectivity index (χ2v) is 7.49. The van der Waals surface area contributed by atoms with E-state index in [1.165, 1.54) is 12.0 Å². The quantitative estimate of drug-likeness (QED) is 0.688. The minimum Gasteiger partial charge on any atom is -0.340 e. The number of amides is 1. The number of carbonyl (C=O) groups excluding carboxylic acids is 1. The molecule has 1 amide bonds. The van der Waals surface area contributed by atoms with Crippen molar-refractivity contribution in [2.75, 3.05) is 46.3 Å². The van der Waals surface area contributed by atoms with Gasteiger partial charge in [0, 0.05) is 38.6 Å². The van der Waals surface area contributed by atoms with Crippen LogP contribution in [0.4, 0.5) is 0 Å². The number of hydrogen-bond acceptors (Lipinski definition) is 3. The second kappa shape index (κ2) is 10.6. The second-order valence-electron chi connectivity index (χ2n) is 7.49. The summed E-state index contributed by atoms with van der Waals surface area (Å²) in [7, 11) is 2.19. The maximum Gasteiger partial charge on any atom is 0.222 e. The Morgan fingerprint density at radius 3 is 2.40 bits per heavy atom. The highest BCUT2D eigenvalue weighted by Crippen LogP contribution is 2.09. The van der Waals surface area contributed by atoms with E-state index >= 15 is 0 Å². The van der Waals surface area contributed by atoms with Crippen molar-refractivity contribution in [1.82, 2.24) is 14.7 Å². The highest BCUT2D eigenvalue weighted by Gasteiger charge is 2.20. The summed E-state index contributed by atoms with van der Waals surface area (Å²) in [4.78, 5) is 19.3. The van der Waals surface area contributed by atoms with Crippen LogP contribution in [0.2, 0.25) is 0 Å². The molecule has 0 saturated carbocycles. The first-order chi connectivity index (χ1) is 12.1. The van der Waals surface area contributed by atoms with Gasteiger partial charge in [0.25, 0.3) is 0 Å². The van der Waals surface area contributed by atoms with E-state index in [-0.39, 0.29) is 0 Å². The lowest BCUT2D eigenvalue weighted by atomic mass is 10.1. The predicted octanol–water partition coefficient (Wildman–Crippen LogP) is 2.88. The Morgan fingerprint density at radius 2 is 1.76 bits per heavy atom. The molecule has 4 heteroatoms. The molecule has 1 heterocycles. The Morgan fingerprint density at radius 1 is 1.08 bits per heavy atom. The highest BCUT2D eigenvalue weighted by molar-refractivity contribution is 5.76. The molecule has 0 aromatic heterocycles. The summed E-state index contributed by atoms with van der Waals surface area (Å²) in [6.45, 7) is 10.6. The summed E-state index contributed by atoms with van der Waals surface area (Å²) in [5.74, 6) is 0.329. The van der Waals surface area contributed by atoms with Crippen molar-refractivity contribution < 1.29 is 4.79 Å². The number of piperazine rings is 1. The summed E-state index contributed by atoms with van der Waals surface area (Å²) >= 11 is 0. The molecule has 0 spiro atoms. The molecule has 0 aliphatic carbocycles. The lowest BCUT2D eigenvalue weighted by Crippen LogP contribution is -2.49. The summed E-state index contributed by atoms with van der Waals surface area (Å²) in [6, 6.07) is 11.1. The molecule has 1 fully saturated rings. The van der Waals surface area contributed by atoms with E-state index in [4.69, 9.17) is 0 Å². The zero-order chi connectivity index (χ0) is 18.1. The molecule has 25 heavy (non-hydrogen) atoms. The standard InChI is InChI=1S/C21H35N3O/c1-19(2)22(3)13-8-14-23-15-17-24(18-16-23)21(25)12-7-11-20-9-5-4-6-10-20/h4-6,9-10,19H,7-8,11-18H2,1-3H3. The molecule has 0 atom stereocenters. The van der Waals surface area contributed by atoms with Crippen LogP contribution in [0.25, 0.3) is 0 Å². The van der Waals surface area contributed by atoms with Crippen molar-refractivity contribution in [3.8, 4) is 0 Å². The third-order valence-electron chi connectivity index (χ3n) is 5.29. The molecule has 0 radical (unpaired) electrons. The Hall–Kier alpha value is -1.39. The molecule has 1 saturated heterocycles. The lowest BCUT2D eigenvalue weighted by Gasteiger charge is -2.35. The number of carbonyl (C=O) groups is 1. The van der Waals surface area contributed by atoms with Crippen LogP contribution in [0, 0.1) is 0 Å². The van der Waals surface area contributed by atoms with Gasteiger partial charge in [-0.25, -0.2) is 0 Å². The Labute approximate surface area is 153 Å². The molecular formula is C21H35N3O. The molecule has 1 aromatic rings. The van der Waals surface area contributed by atoms with E-state index in [9.17, 15) is 4.79 Å². The van der Waals surface area contributed by atoms with Crippen LogP contribution >= 0.6 is 0 Å². The van der Waals surface area contributed by atoms with Crippen LogP contribution in [0.1, 0.15) is 38.7 Å². The van der Waals surface area contributed by atoms with Gasteiger partial charge in [-0.15, -0.1) is 0 Å². The average molecular weight is 346 g/mol. The van der Waals surface area contributed by atoms with Crippen LogP contribution in [0.3, 0.4) is 0 Å². The molecule has 140 valence electrons. The van der Waals surface area contributed by atoms with Gasteiger partial charge in [-0.1, -0.05) is 30.3 Å². The van der Waals surface area contributed by atoms with Crippen molar-refractivity contribution in [2.24, 2.45) is 0 Å². The SMILES string of the molecule is CC(C)N(C)CCCN1CCN(C(=O)CCCc2ccccc2)CC1. The summed E-state index contributed by atoms with van der Waals surface area (Å²) < 4.78 is 0. The summed E-state index contributed by atoms with van der Waals surface area (Å²) in [5.41, 5.74) is 1.33. The van der Waals surface area contributed by atoms with Crippen molar-refractivity contribution in [3.63, 3.8) is 0 Å². The van der Waals surface area contributed by atoms with E-state index in [2.05, 4.69) is 59.9 Å². The van der Waals surface area contributed by atoms with Gasteiger partial charge in [0.2, 0.25) is 5.91 Å². The minimum absolute atomic E-state index is 0.329. The number of aryl methyl sites for hydroxylation is 1. The molecule has 0 N–H and O–H groups in total. The van der Waals surface area contributed by atoms with Crippen molar-refractivity contribution in [3.05, 3.63) is 35.9 Å². The minimum atomic E-state index is 0.329. The normalized spacial score (nSPS) is 16.0. The van der Waals surface area contributed by atoms with Crippen molar-refractivity contribution >= 4 is 5.91 Å². The van der Waals surface area contributed by atoms with Gasteiger partial charge in [-0.3, -0.25) is 9.69 Å². The first-order valence-electron chi connectivity index (χ1n) is 9.80. The fourth-order valence-corrected chi connectivity index (χ4v) is 3.27. The van der Waals surface area contributed by atoms with Crippen LogP contribution < -0.4 is 0 Å². The van der Waals surface area contributed by atoms with E-state index < -0.39 is 0 Å². The number of nitrogens with zero attached hydrogens (tertiary/aromatic N) is 3. The van der Waals surface area contributed by atoms with Gasteiger partial charge < -0.3 is 9.80 Å². The third-order valence-corrected chi connectivity index (χ3v) is 5.29. The van der Waals surface area contributed by atoms with E-state index in [0.29, 0.717) is 18.4 Å². The molecule has 1 aromatic carbocycles. The third kappa shape index (κ3) is 7.17.